The third kappa shape index (κ3) is 3.00. The van der Waals surface area contributed by atoms with Crippen LogP contribution in [-0.2, 0) is 9.53 Å². The van der Waals surface area contributed by atoms with Crippen molar-refractivity contribution in [3.05, 3.63) is 23.2 Å². The van der Waals surface area contributed by atoms with Crippen LogP contribution in [0.2, 0.25) is 5.02 Å². The van der Waals surface area contributed by atoms with Gasteiger partial charge in [-0.05, 0) is 12.1 Å². The topological polar surface area (TPSA) is 67.6 Å². The van der Waals surface area contributed by atoms with E-state index in [1.165, 1.54) is 0 Å². The first-order valence-electron chi connectivity index (χ1n) is 6.10. The molecule has 0 radical (unpaired) electrons. The molecule has 1 aromatic carbocycles. The number of rotatable bonds is 3. The smallest absolute Gasteiger partial charge is 0.231 e. The molecule has 1 amide bonds. The largest absolute Gasteiger partial charge is 0.379 e. The van der Waals surface area contributed by atoms with E-state index >= 15 is 0 Å². The molecule has 0 aliphatic carbocycles. The fraction of sp³-hybridized carbons (Fsp3) is 0.462. The van der Waals surface area contributed by atoms with E-state index < -0.39 is 0 Å². The Hall–Kier alpha value is -1.30. The molecule has 3 N–H and O–H groups in total. The predicted octanol–water partition coefficient (Wildman–Crippen LogP) is 1.32. The van der Waals surface area contributed by atoms with Crippen molar-refractivity contribution in [2.75, 3.05) is 37.5 Å². The van der Waals surface area contributed by atoms with E-state index in [1.54, 1.807) is 12.1 Å². The number of carbonyl (C=O) groups excluding carboxylic acids is 1. The number of halogens is 1. The summed E-state index contributed by atoms with van der Waals surface area (Å²) in [7, 11) is 3.75. The lowest BCUT2D eigenvalue weighted by Gasteiger charge is -2.21. The Morgan fingerprint density at radius 2 is 2.21 bits per heavy atom. The molecule has 0 saturated carbocycles. The minimum atomic E-state index is -0.311. The van der Waals surface area contributed by atoms with Gasteiger partial charge in [0.25, 0.3) is 0 Å². The number of ether oxygens (including phenoxy) is 1. The predicted molar refractivity (Wildman–Crippen MR) is 76.7 cm³/mol. The molecule has 19 heavy (non-hydrogen) atoms. The number of nitrogens with zero attached hydrogens (tertiary/aromatic N) is 1. The standard InChI is InChI=1S/C13H18ClN3O2/c1-17(2)12-9(14)4-3-5-11(12)16-13(18)8-6-19-7-10(8)15/h3-5,8,10H,6-7,15H2,1-2H3,(H,16,18). The van der Waals surface area contributed by atoms with Crippen LogP contribution < -0.4 is 16.0 Å². The summed E-state index contributed by atoms with van der Waals surface area (Å²) in [6, 6.07) is 5.16. The van der Waals surface area contributed by atoms with Gasteiger partial charge in [0.1, 0.15) is 0 Å². The number of carbonyl (C=O) groups is 1. The van der Waals surface area contributed by atoms with Crippen molar-refractivity contribution in [2.24, 2.45) is 11.7 Å². The molecular weight excluding hydrogens is 266 g/mol. The fourth-order valence-electron chi connectivity index (χ4n) is 2.14. The maximum absolute atomic E-state index is 12.2. The highest BCUT2D eigenvalue weighted by molar-refractivity contribution is 6.34. The Morgan fingerprint density at radius 3 is 2.79 bits per heavy atom. The summed E-state index contributed by atoms with van der Waals surface area (Å²) in [5, 5.41) is 3.47. The van der Waals surface area contributed by atoms with Gasteiger partial charge in [-0.3, -0.25) is 4.79 Å². The van der Waals surface area contributed by atoms with Crippen LogP contribution >= 0.6 is 11.6 Å². The lowest BCUT2D eigenvalue weighted by molar-refractivity contribution is -0.120. The third-order valence-electron chi connectivity index (χ3n) is 3.15. The Labute approximate surface area is 117 Å². The molecule has 2 unspecified atom stereocenters. The minimum absolute atomic E-state index is 0.129. The quantitative estimate of drug-likeness (QED) is 0.878. The number of anilines is 2. The van der Waals surface area contributed by atoms with E-state index in [4.69, 9.17) is 22.1 Å². The van der Waals surface area contributed by atoms with Crippen LogP contribution in [0.5, 0.6) is 0 Å². The Morgan fingerprint density at radius 1 is 1.47 bits per heavy atom. The second kappa shape index (κ2) is 5.77. The van der Waals surface area contributed by atoms with Crippen LogP contribution in [0.15, 0.2) is 18.2 Å². The maximum Gasteiger partial charge on any atom is 0.231 e. The molecule has 1 aromatic rings. The van der Waals surface area contributed by atoms with Gasteiger partial charge in [-0.15, -0.1) is 0 Å². The molecule has 1 aliphatic heterocycles. The van der Waals surface area contributed by atoms with Gasteiger partial charge in [-0.2, -0.15) is 0 Å². The SMILES string of the molecule is CN(C)c1c(Cl)cccc1NC(=O)C1COCC1N. The van der Waals surface area contributed by atoms with E-state index in [9.17, 15) is 4.79 Å². The molecule has 1 fully saturated rings. The van der Waals surface area contributed by atoms with Gasteiger partial charge < -0.3 is 20.7 Å². The van der Waals surface area contributed by atoms with E-state index in [1.807, 2.05) is 25.1 Å². The van der Waals surface area contributed by atoms with Crippen molar-refractivity contribution in [3.8, 4) is 0 Å². The molecule has 2 rings (SSSR count). The molecule has 1 aliphatic rings. The summed E-state index contributed by atoms with van der Waals surface area (Å²) in [6.07, 6.45) is 0. The number of benzene rings is 1. The highest BCUT2D eigenvalue weighted by Crippen LogP contribution is 2.32. The van der Waals surface area contributed by atoms with E-state index in [2.05, 4.69) is 5.32 Å². The lowest BCUT2D eigenvalue weighted by atomic mass is 10.0. The number of nitrogens with one attached hydrogen (secondary N) is 1. The van der Waals surface area contributed by atoms with Crippen molar-refractivity contribution in [2.45, 2.75) is 6.04 Å². The summed E-state index contributed by atoms with van der Waals surface area (Å²) in [4.78, 5) is 14.0. The van der Waals surface area contributed by atoms with Crippen LogP contribution in [0, 0.1) is 5.92 Å². The second-order valence-corrected chi connectivity index (χ2v) is 5.23. The molecule has 1 heterocycles. The van der Waals surface area contributed by atoms with Gasteiger partial charge in [0.2, 0.25) is 5.91 Å². The number of nitrogens with two attached hydrogens (primary N) is 1. The molecule has 0 aromatic heterocycles. The van der Waals surface area contributed by atoms with Gasteiger partial charge in [0.05, 0.1) is 35.5 Å². The molecule has 1 saturated heterocycles. The zero-order valence-electron chi connectivity index (χ0n) is 11.0. The second-order valence-electron chi connectivity index (χ2n) is 4.83. The van der Waals surface area contributed by atoms with E-state index in [-0.39, 0.29) is 17.9 Å². The molecular formula is C13H18ClN3O2. The summed E-state index contributed by atoms with van der Waals surface area (Å²) in [6.45, 7) is 0.791. The zero-order chi connectivity index (χ0) is 14.0. The Bertz CT molecular complexity index is 479. The highest BCUT2D eigenvalue weighted by atomic mass is 35.5. The van der Waals surface area contributed by atoms with E-state index in [0.717, 1.165) is 5.69 Å². The van der Waals surface area contributed by atoms with Gasteiger partial charge in [-0.1, -0.05) is 17.7 Å². The van der Waals surface area contributed by atoms with E-state index in [0.29, 0.717) is 23.9 Å². The molecule has 104 valence electrons. The summed E-state index contributed by atoms with van der Waals surface area (Å²) in [5.41, 5.74) is 7.30. The van der Waals surface area contributed by atoms with Gasteiger partial charge in [0, 0.05) is 20.1 Å². The first-order chi connectivity index (χ1) is 9.00. The Balaban J connectivity index is 2.19. The normalized spacial score (nSPS) is 22.3. The average Bonchev–Trinajstić information content (AvgIpc) is 2.75. The third-order valence-corrected chi connectivity index (χ3v) is 3.46. The maximum atomic E-state index is 12.2. The van der Waals surface area contributed by atoms with Crippen molar-refractivity contribution in [1.82, 2.24) is 0 Å². The van der Waals surface area contributed by atoms with Crippen molar-refractivity contribution >= 4 is 28.9 Å². The summed E-state index contributed by atoms with van der Waals surface area (Å²) < 4.78 is 5.21. The Kier molecular flexibility index (Phi) is 4.29. The van der Waals surface area contributed by atoms with Crippen LogP contribution in [-0.4, -0.2) is 39.3 Å². The average molecular weight is 284 g/mol. The van der Waals surface area contributed by atoms with Crippen molar-refractivity contribution in [3.63, 3.8) is 0 Å². The molecule has 0 spiro atoms. The van der Waals surface area contributed by atoms with Crippen LogP contribution in [0.1, 0.15) is 0 Å². The van der Waals surface area contributed by atoms with Crippen LogP contribution in [0.4, 0.5) is 11.4 Å². The first-order valence-corrected chi connectivity index (χ1v) is 6.48. The van der Waals surface area contributed by atoms with Gasteiger partial charge in [0.15, 0.2) is 0 Å². The van der Waals surface area contributed by atoms with Crippen molar-refractivity contribution < 1.29 is 9.53 Å². The minimum Gasteiger partial charge on any atom is -0.379 e. The molecule has 6 heteroatoms. The molecule has 0 bridgehead atoms. The van der Waals surface area contributed by atoms with Crippen LogP contribution in [0.3, 0.4) is 0 Å². The summed E-state index contributed by atoms with van der Waals surface area (Å²) >= 11 is 6.15. The fourth-order valence-corrected chi connectivity index (χ4v) is 2.48. The monoisotopic (exact) mass is 283 g/mol. The van der Waals surface area contributed by atoms with Crippen LogP contribution in [0.25, 0.3) is 0 Å². The lowest BCUT2D eigenvalue weighted by Crippen LogP contribution is -2.37. The summed E-state index contributed by atoms with van der Waals surface area (Å²) in [5.74, 6) is -0.440. The highest BCUT2D eigenvalue weighted by Gasteiger charge is 2.31. The molecule has 5 nitrogen and oxygen atoms in total. The number of hydrogen-bond acceptors (Lipinski definition) is 4. The number of para-hydroxylation sites is 1. The molecule has 2 atom stereocenters. The van der Waals surface area contributed by atoms with Gasteiger partial charge >= 0.3 is 0 Å². The number of hydrogen-bond donors (Lipinski definition) is 2. The number of amides is 1. The first kappa shape index (κ1) is 14.1. The van der Waals surface area contributed by atoms with Crippen molar-refractivity contribution in [1.29, 1.82) is 0 Å². The van der Waals surface area contributed by atoms with Gasteiger partial charge in [-0.25, -0.2) is 0 Å². The zero-order valence-corrected chi connectivity index (χ0v) is 11.8.